The first-order valence-corrected chi connectivity index (χ1v) is 13.3. The van der Waals surface area contributed by atoms with E-state index < -0.39 is 17.7 Å². The van der Waals surface area contributed by atoms with E-state index in [-0.39, 0.29) is 22.2 Å². The Morgan fingerprint density at radius 2 is 1.54 bits per heavy atom. The van der Waals surface area contributed by atoms with E-state index in [9.17, 15) is 19.8 Å². The molecule has 9 heteroatoms. The number of carbonyl (C=O) groups excluding carboxylic acids is 2. The number of amides is 1. The monoisotopic (exact) mass is 529 g/mol. The third-order valence-corrected chi connectivity index (χ3v) is 8.19. The SMILES string of the molecule is Cc1ccc(CSc2nnc(N3C(=O)C(=O)/C(=C(\O)c4ccc(C)cc4)C3c3ccc(O)cc3)s2)cc1. The number of phenolic OH excluding ortho intramolecular Hbond substituents is 1. The van der Waals surface area contributed by atoms with Gasteiger partial charge in [-0.25, -0.2) is 0 Å². The number of benzene rings is 3. The predicted octanol–water partition coefficient (Wildman–Crippen LogP) is 5.78. The largest absolute Gasteiger partial charge is 0.508 e. The van der Waals surface area contributed by atoms with Gasteiger partial charge in [0.25, 0.3) is 5.78 Å². The molecule has 0 spiro atoms. The number of hydrogen-bond acceptors (Lipinski definition) is 8. The zero-order chi connectivity index (χ0) is 26.1. The van der Waals surface area contributed by atoms with Crippen molar-refractivity contribution in [3.8, 4) is 5.75 Å². The lowest BCUT2D eigenvalue weighted by Crippen LogP contribution is -2.29. The Kier molecular flexibility index (Phi) is 6.82. The predicted molar refractivity (Wildman–Crippen MR) is 145 cm³/mol. The van der Waals surface area contributed by atoms with Crippen LogP contribution in [0.15, 0.2) is 82.7 Å². The molecule has 37 heavy (non-hydrogen) atoms. The van der Waals surface area contributed by atoms with Crippen molar-refractivity contribution < 1.29 is 19.8 Å². The summed E-state index contributed by atoms with van der Waals surface area (Å²) in [5.74, 6) is -1.14. The van der Waals surface area contributed by atoms with Crippen LogP contribution in [-0.2, 0) is 15.3 Å². The van der Waals surface area contributed by atoms with Gasteiger partial charge in [0.1, 0.15) is 11.5 Å². The summed E-state index contributed by atoms with van der Waals surface area (Å²) in [6, 6.07) is 20.5. The van der Waals surface area contributed by atoms with Crippen LogP contribution >= 0.6 is 23.1 Å². The van der Waals surface area contributed by atoms with Crippen LogP contribution in [0.1, 0.15) is 33.9 Å². The number of Topliss-reactive ketones (excluding diaryl/α,β-unsaturated/α-hetero) is 1. The molecule has 1 unspecified atom stereocenters. The van der Waals surface area contributed by atoms with Gasteiger partial charge in [-0.05, 0) is 37.1 Å². The van der Waals surface area contributed by atoms with Gasteiger partial charge in [0.05, 0.1) is 11.6 Å². The fraction of sp³-hybridized carbons (Fsp3) is 0.143. The number of thioether (sulfide) groups is 1. The minimum atomic E-state index is -0.926. The van der Waals surface area contributed by atoms with Crippen LogP contribution in [-0.4, -0.2) is 32.1 Å². The van der Waals surface area contributed by atoms with Gasteiger partial charge < -0.3 is 10.2 Å². The number of aryl methyl sites for hydroxylation is 2. The normalized spacial score (nSPS) is 16.9. The Hall–Kier alpha value is -3.95. The average molecular weight is 530 g/mol. The molecule has 186 valence electrons. The lowest BCUT2D eigenvalue weighted by Gasteiger charge is -2.22. The molecule has 2 heterocycles. The smallest absolute Gasteiger partial charge is 0.301 e. The number of hydrogen-bond donors (Lipinski definition) is 2. The summed E-state index contributed by atoms with van der Waals surface area (Å²) in [4.78, 5) is 27.8. The molecular formula is C28H23N3O4S2. The van der Waals surface area contributed by atoms with E-state index in [1.165, 1.54) is 45.7 Å². The van der Waals surface area contributed by atoms with Crippen molar-refractivity contribution in [2.45, 2.75) is 30.0 Å². The Morgan fingerprint density at radius 3 is 2.19 bits per heavy atom. The highest BCUT2D eigenvalue weighted by Gasteiger charge is 2.48. The molecule has 0 bridgehead atoms. The third kappa shape index (κ3) is 5.00. The van der Waals surface area contributed by atoms with E-state index in [0.29, 0.717) is 21.2 Å². The fourth-order valence-corrected chi connectivity index (χ4v) is 5.88. The summed E-state index contributed by atoms with van der Waals surface area (Å²) in [6.07, 6.45) is 0. The Bertz CT molecular complexity index is 1490. The van der Waals surface area contributed by atoms with Crippen molar-refractivity contribution in [2.24, 2.45) is 0 Å². The highest BCUT2D eigenvalue weighted by molar-refractivity contribution is 8.00. The number of aromatic hydroxyl groups is 1. The molecule has 1 aliphatic rings. The number of nitrogens with zero attached hydrogens (tertiary/aromatic N) is 3. The van der Waals surface area contributed by atoms with Crippen molar-refractivity contribution in [1.29, 1.82) is 0 Å². The quantitative estimate of drug-likeness (QED) is 0.107. The number of carbonyl (C=O) groups is 2. The first-order chi connectivity index (χ1) is 17.8. The maximum Gasteiger partial charge on any atom is 0.301 e. The summed E-state index contributed by atoms with van der Waals surface area (Å²) in [6.45, 7) is 3.95. The first kappa shape index (κ1) is 24.7. The number of phenols is 1. The van der Waals surface area contributed by atoms with E-state index in [1.807, 2.05) is 38.1 Å². The van der Waals surface area contributed by atoms with Gasteiger partial charge in [-0.15, -0.1) is 10.2 Å². The topological polar surface area (TPSA) is 104 Å². The van der Waals surface area contributed by atoms with Crippen LogP contribution in [0, 0.1) is 13.8 Å². The molecule has 4 aromatic rings. The van der Waals surface area contributed by atoms with Crippen molar-refractivity contribution in [3.05, 3.63) is 106 Å². The second-order valence-electron chi connectivity index (χ2n) is 8.75. The van der Waals surface area contributed by atoms with Crippen LogP contribution in [0.25, 0.3) is 5.76 Å². The fourth-order valence-electron chi connectivity index (χ4n) is 4.06. The van der Waals surface area contributed by atoms with E-state index in [0.717, 1.165) is 11.1 Å². The van der Waals surface area contributed by atoms with Crippen LogP contribution < -0.4 is 4.90 Å². The molecule has 1 saturated heterocycles. The summed E-state index contributed by atoms with van der Waals surface area (Å²) >= 11 is 2.70. The van der Waals surface area contributed by atoms with Crippen LogP contribution in [0.4, 0.5) is 5.13 Å². The Labute approximate surface area is 222 Å². The zero-order valence-corrected chi connectivity index (χ0v) is 21.7. The maximum absolute atomic E-state index is 13.3. The molecular weight excluding hydrogens is 506 g/mol. The van der Waals surface area contributed by atoms with Crippen LogP contribution in [0.3, 0.4) is 0 Å². The van der Waals surface area contributed by atoms with Gasteiger partial charge in [0, 0.05) is 11.3 Å². The first-order valence-electron chi connectivity index (χ1n) is 11.5. The van der Waals surface area contributed by atoms with Crippen molar-refractivity contribution in [3.63, 3.8) is 0 Å². The van der Waals surface area contributed by atoms with Crippen molar-refractivity contribution in [2.75, 3.05) is 4.90 Å². The number of ketones is 1. The van der Waals surface area contributed by atoms with E-state index in [4.69, 9.17) is 0 Å². The molecule has 1 aliphatic heterocycles. The van der Waals surface area contributed by atoms with Gasteiger partial charge >= 0.3 is 5.91 Å². The highest BCUT2D eigenvalue weighted by Crippen LogP contribution is 2.44. The molecule has 5 rings (SSSR count). The maximum atomic E-state index is 13.3. The molecule has 1 aromatic heterocycles. The van der Waals surface area contributed by atoms with Crippen molar-refractivity contribution in [1.82, 2.24) is 10.2 Å². The summed E-state index contributed by atoms with van der Waals surface area (Å²) in [5, 5.41) is 29.7. The van der Waals surface area contributed by atoms with Crippen LogP contribution in [0.2, 0.25) is 0 Å². The Balaban J connectivity index is 1.53. The molecule has 2 N–H and O–H groups in total. The van der Waals surface area contributed by atoms with Gasteiger partial charge in [-0.3, -0.25) is 14.5 Å². The van der Waals surface area contributed by atoms with E-state index in [2.05, 4.69) is 22.3 Å². The van der Waals surface area contributed by atoms with Gasteiger partial charge in [0.2, 0.25) is 5.13 Å². The molecule has 1 fully saturated rings. The number of rotatable bonds is 6. The lowest BCUT2D eigenvalue weighted by molar-refractivity contribution is -0.132. The van der Waals surface area contributed by atoms with Gasteiger partial charge in [-0.1, -0.05) is 94.9 Å². The van der Waals surface area contributed by atoms with Crippen molar-refractivity contribution >= 4 is 45.7 Å². The molecule has 3 aromatic carbocycles. The second kappa shape index (κ2) is 10.2. The van der Waals surface area contributed by atoms with E-state index in [1.54, 1.807) is 24.3 Å². The summed E-state index contributed by atoms with van der Waals surface area (Å²) in [7, 11) is 0. The minimum absolute atomic E-state index is 0.0383. The van der Waals surface area contributed by atoms with Crippen LogP contribution in [0.5, 0.6) is 5.75 Å². The highest BCUT2D eigenvalue weighted by atomic mass is 32.2. The molecule has 0 radical (unpaired) electrons. The zero-order valence-electron chi connectivity index (χ0n) is 20.1. The average Bonchev–Trinajstić information content (AvgIpc) is 3.46. The molecule has 1 amide bonds. The number of aliphatic hydroxyl groups is 1. The Morgan fingerprint density at radius 1 is 0.919 bits per heavy atom. The number of aliphatic hydroxyl groups excluding tert-OH is 1. The minimum Gasteiger partial charge on any atom is -0.508 e. The third-order valence-electron chi connectivity index (χ3n) is 6.06. The number of anilines is 1. The van der Waals surface area contributed by atoms with Gasteiger partial charge in [-0.2, -0.15) is 0 Å². The summed E-state index contributed by atoms with van der Waals surface area (Å²) in [5.41, 5.74) is 4.26. The molecule has 7 nitrogen and oxygen atoms in total. The second-order valence-corrected chi connectivity index (χ2v) is 10.9. The standard InChI is InChI=1S/C28H23N3O4S2/c1-16-3-7-18(8-4-16)15-36-28-30-29-27(37-28)31-23(19-11-13-21(32)14-12-19)22(25(34)26(31)35)24(33)20-9-5-17(2)6-10-20/h3-14,23,32-33H,15H2,1-2H3/b24-22-. The number of aromatic nitrogens is 2. The molecule has 1 atom stereocenters. The van der Waals surface area contributed by atoms with Gasteiger partial charge in [0.15, 0.2) is 4.34 Å². The van der Waals surface area contributed by atoms with E-state index >= 15 is 0 Å². The molecule has 0 aliphatic carbocycles. The molecule has 0 saturated carbocycles. The summed E-state index contributed by atoms with van der Waals surface area (Å²) < 4.78 is 0.653. The lowest BCUT2D eigenvalue weighted by atomic mass is 9.95.